The van der Waals surface area contributed by atoms with E-state index in [0.717, 1.165) is 25.9 Å². The summed E-state index contributed by atoms with van der Waals surface area (Å²) in [5.41, 5.74) is -0.334. The van der Waals surface area contributed by atoms with E-state index in [1.807, 2.05) is 18.7 Å². The van der Waals surface area contributed by atoms with Crippen LogP contribution >= 0.6 is 0 Å². The molecule has 3 nitrogen and oxygen atoms in total. The van der Waals surface area contributed by atoms with Gasteiger partial charge >= 0.3 is 0 Å². The van der Waals surface area contributed by atoms with Crippen LogP contribution in [0.5, 0.6) is 0 Å². The molecule has 0 bridgehead atoms. The zero-order valence-electron chi connectivity index (χ0n) is 9.18. The van der Waals surface area contributed by atoms with Crippen molar-refractivity contribution in [1.29, 1.82) is 0 Å². The van der Waals surface area contributed by atoms with E-state index in [2.05, 4.69) is 11.9 Å². The number of nitrogens with one attached hydrogen (secondary N) is 1. The average molecular weight is 196 g/mol. The van der Waals surface area contributed by atoms with Gasteiger partial charge in [-0.15, -0.1) is 6.58 Å². The van der Waals surface area contributed by atoms with Crippen molar-refractivity contribution in [3.8, 4) is 0 Å². The second-order valence-electron chi connectivity index (χ2n) is 3.99. The fourth-order valence-electron chi connectivity index (χ4n) is 1.94. The topological polar surface area (TPSA) is 32.3 Å². The third-order valence-electron chi connectivity index (χ3n) is 2.86. The molecule has 14 heavy (non-hydrogen) atoms. The van der Waals surface area contributed by atoms with Crippen LogP contribution in [0.3, 0.4) is 0 Å². The highest BCUT2D eigenvalue weighted by Gasteiger charge is 2.37. The van der Waals surface area contributed by atoms with Crippen molar-refractivity contribution in [2.24, 2.45) is 0 Å². The van der Waals surface area contributed by atoms with E-state index < -0.39 is 0 Å². The third-order valence-corrected chi connectivity index (χ3v) is 2.86. The van der Waals surface area contributed by atoms with Gasteiger partial charge in [-0.05, 0) is 33.2 Å². The average Bonchev–Trinajstić information content (AvgIpc) is 2.62. The van der Waals surface area contributed by atoms with Crippen molar-refractivity contribution in [2.45, 2.75) is 32.2 Å². The van der Waals surface area contributed by atoms with Crippen LogP contribution in [-0.4, -0.2) is 36.0 Å². The Morgan fingerprint density at radius 1 is 1.71 bits per heavy atom. The number of likely N-dealkylation sites (N-methyl/N-ethyl adjacent to an activating group) is 1. The van der Waals surface area contributed by atoms with Gasteiger partial charge in [0.25, 0.3) is 0 Å². The van der Waals surface area contributed by atoms with Crippen molar-refractivity contribution < 1.29 is 4.79 Å². The van der Waals surface area contributed by atoms with E-state index in [1.54, 1.807) is 6.08 Å². The van der Waals surface area contributed by atoms with Crippen LogP contribution in [0.1, 0.15) is 26.7 Å². The summed E-state index contributed by atoms with van der Waals surface area (Å²) in [6.07, 6.45) is 3.81. The van der Waals surface area contributed by atoms with Gasteiger partial charge in [0.1, 0.15) is 0 Å². The van der Waals surface area contributed by atoms with Crippen molar-refractivity contribution in [3.63, 3.8) is 0 Å². The van der Waals surface area contributed by atoms with Gasteiger partial charge in [-0.2, -0.15) is 0 Å². The van der Waals surface area contributed by atoms with Crippen LogP contribution in [0.2, 0.25) is 0 Å². The smallest absolute Gasteiger partial charge is 0.242 e. The minimum Gasteiger partial charge on any atom is -0.338 e. The van der Waals surface area contributed by atoms with Crippen molar-refractivity contribution in [1.82, 2.24) is 10.2 Å². The molecule has 1 unspecified atom stereocenters. The number of rotatable bonds is 4. The Morgan fingerprint density at radius 3 is 2.86 bits per heavy atom. The Morgan fingerprint density at radius 2 is 2.43 bits per heavy atom. The molecular weight excluding hydrogens is 176 g/mol. The van der Waals surface area contributed by atoms with Gasteiger partial charge in [0.15, 0.2) is 0 Å². The second kappa shape index (κ2) is 4.60. The van der Waals surface area contributed by atoms with E-state index in [4.69, 9.17) is 0 Å². The summed E-state index contributed by atoms with van der Waals surface area (Å²) in [5, 5.41) is 3.28. The van der Waals surface area contributed by atoms with Gasteiger partial charge < -0.3 is 10.2 Å². The van der Waals surface area contributed by atoms with E-state index in [1.165, 1.54) is 0 Å². The number of nitrogens with zero attached hydrogens (tertiary/aromatic N) is 1. The largest absolute Gasteiger partial charge is 0.338 e. The Balaban J connectivity index is 2.65. The summed E-state index contributed by atoms with van der Waals surface area (Å²) < 4.78 is 0. The van der Waals surface area contributed by atoms with Crippen molar-refractivity contribution >= 4 is 5.91 Å². The second-order valence-corrected chi connectivity index (χ2v) is 3.99. The molecule has 1 amide bonds. The SMILES string of the molecule is C=CCN(CC)C(=O)C1(C)CCCN1. The quantitative estimate of drug-likeness (QED) is 0.684. The lowest BCUT2D eigenvalue weighted by atomic mass is 9.98. The molecule has 1 aliphatic heterocycles. The molecule has 1 saturated heterocycles. The molecule has 1 atom stereocenters. The predicted molar refractivity (Wildman–Crippen MR) is 58.1 cm³/mol. The maximum Gasteiger partial charge on any atom is 0.242 e. The molecule has 0 saturated carbocycles. The first-order valence-electron chi connectivity index (χ1n) is 5.29. The number of hydrogen-bond acceptors (Lipinski definition) is 2. The van der Waals surface area contributed by atoms with Gasteiger partial charge in [0.05, 0.1) is 5.54 Å². The lowest BCUT2D eigenvalue weighted by Gasteiger charge is -2.30. The maximum absolute atomic E-state index is 12.1. The van der Waals surface area contributed by atoms with E-state index in [-0.39, 0.29) is 11.4 Å². The summed E-state index contributed by atoms with van der Waals surface area (Å²) in [6.45, 7) is 10.0. The highest BCUT2D eigenvalue weighted by atomic mass is 16.2. The molecule has 1 rings (SSSR count). The molecular formula is C11H20N2O. The first-order valence-corrected chi connectivity index (χ1v) is 5.29. The zero-order valence-corrected chi connectivity index (χ0v) is 9.18. The normalized spacial score (nSPS) is 26.1. The highest BCUT2D eigenvalue weighted by molar-refractivity contribution is 5.86. The molecule has 0 radical (unpaired) electrons. The fourth-order valence-corrected chi connectivity index (χ4v) is 1.94. The first kappa shape index (κ1) is 11.2. The summed E-state index contributed by atoms with van der Waals surface area (Å²) >= 11 is 0. The summed E-state index contributed by atoms with van der Waals surface area (Å²) in [4.78, 5) is 13.9. The molecule has 1 aliphatic rings. The van der Waals surface area contributed by atoms with Crippen LogP contribution in [0, 0.1) is 0 Å². The third kappa shape index (κ3) is 2.15. The zero-order chi connectivity index (χ0) is 10.6. The first-order chi connectivity index (χ1) is 6.64. The molecule has 1 heterocycles. The van der Waals surface area contributed by atoms with Gasteiger partial charge in [-0.25, -0.2) is 0 Å². The Labute approximate surface area is 86.2 Å². The Hall–Kier alpha value is -0.830. The number of amides is 1. The van der Waals surface area contributed by atoms with Gasteiger partial charge in [0.2, 0.25) is 5.91 Å². The summed E-state index contributed by atoms with van der Waals surface area (Å²) in [7, 11) is 0. The van der Waals surface area contributed by atoms with E-state index >= 15 is 0 Å². The number of carbonyl (C=O) groups is 1. The molecule has 3 heteroatoms. The van der Waals surface area contributed by atoms with E-state index in [0.29, 0.717) is 6.54 Å². The molecule has 0 aromatic carbocycles. The van der Waals surface area contributed by atoms with Crippen molar-refractivity contribution in [2.75, 3.05) is 19.6 Å². The molecule has 0 aliphatic carbocycles. The molecule has 1 fully saturated rings. The van der Waals surface area contributed by atoms with Crippen molar-refractivity contribution in [3.05, 3.63) is 12.7 Å². The maximum atomic E-state index is 12.1. The van der Waals surface area contributed by atoms with Crippen LogP contribution in [0.25, 0.3) is 0 Å². The Bertz CT molecular complexity index is 219. The Kier molecular flexibility index (Phi) is 3.69. The minimum atomic E-state index is -0.334. The van der Waals surface area contributed by atoms with Crippen LogP contribution in [0.4, 0.5) is 0 Å². The minimum absolute atomic E-state index is 0.206. The monoisotopic (exact) mass is 196 g/mol. The lowest BCUT2D eigenvalue weighted by molar-refractivity contribution is -0.136. The molecule has 0 aromatic heterocycles. The van der Waals surface area contributed by atoms with Gasteiger partial charge in [-0.3, -0.25) is 4.79 Å². The van der Waals surface area contributed by atoms with Crippen LogP contribution in [-0.2, 0) is 4.79 Å². The fraction of sp³-hybridized carbons (Fsp3) is 0.727. The number of hydrogen-bond donors (Lipinski definition) is 1. The highest BCUT2D eigenvalue weighted by Crippen LogP contribution is 2.21. The van der Waals surface area contributed by atoms with Gasteiger partial charge in [-0.1, -0.05) is 6.08 Å². The standard InChI is InChI=1S/C11H20N2O/c1-4-9-13(5-2)10(14)11(3)7-6-8-12-11/h4,12H,1,5-9H2,2-3H3. The molecule has 0 aromatic rings. The molecule has 0 spiro atoms. The predicted octanol–water partition coefficient (Wildman–Crippen LogP) is 1.16. The van der Waals surface area contributed by atoms with Crippen LogP contribution < -0.4 is 5.32 Å². The molecule has 80 valence electrons. The number of carbonyl (C=O) groups excluding carboxylic acids is 1. The summed E-state index contributed by atoms with van der Waals surface area (Å²) in [5.74, 6) is 0.206. The summed E-state index contributed by atoms with van der Waals surface area (Å²) in [6, 6.07) is 0. The van der Waals surface area contributed by atoms with Crippen LogP contribution in [0.15, 0.2) is 12.7 Å². The molecule has 1 N–H and O–H groups in total. The van der Waals surface area contributed by atoms with E-state index in [9.17, 15) is 4.79 Å². The lowest BCUT2D eigenvalue weighted by Crippen LogP contribution is -2.52. The van der Waals surface area contributed by atoms with Gasteiger partial charge in [0, 0.05) is 13.1 Å².